The lowest BCUT2D eigenvalue weighted by Crippen LogP contribution is -2.18. The molecule has 6 nitrogen and oxygen atoms in total. The molecule has 1 saturated carbocycles. The molecule has 1 fully saturated rings. The maximum absolute atomic E-state index is 5.09. The molecular formula is C12H21N5O. The molecule has 1 aromatic heterocycles. The van der Waals surface area contributed by atoms with E-state index in [9.17, 15) is 0 Å². The van der Waals surface area contributed by atoms with Crippen LogP contribution < -0.4 is 15.4 Å². The zero-order valence-electron chi connectivity index (χ0n) is 11.2. The van der Waals surface area contributed by atoms with E-state index in [1.165, 1.54) is 19.3 Å². The van der Waals surface area contributed by atoms with Crippen LogP contribution in [0.25, 0.3) is 0 Å². The molecule has 2 N–H and O–H groups in total. The van der Waals surface area contributed by atoms with Gasteiger partial charge in [0.15, 0.2) is 0 Å². The predicted octanol–water partition coefficient (Wildman–Crippen LogP) is 1.91. The summed E-state index contributed by atoms with van der Waals surface area (Å²) >= 11 is 0. The Kier molecular flexibility index (Phi) is 4.17. The molecule has 100 valence electrons. The maximum atomic E-state index is 5.09. The molecule has 6 heteroatoms. The second kappa shape index (κ2) is 5.84. The highest BCUT2D eigenvalue weighted by molar-refractivity contribution is 5.36. The van der Waals surface area contributed by atoms with Crippen molar-refractivity contribution in [1.29, 1.82) is 0 Å². The minimum atomic E-state index is 0.342. The van der Waals surface area contributed by atoms with Crippen LogP contribution in [-0.2, 0) is 0 Å². The highest BCUT2D eigenvalue weighted by Gasteiger charge is 2.22. The summed E-state index contributed by atoms with van der Waals surface area (Å²) in [6, 6.07) is 0.802. The molecule has 18 heavy (non-hydrogen) atoms. The Morgan fingerprint density at radius 1 is 1.22 bits per heavy atom. The molecule has 1 heterocycles. The summed E-state index contributed by atoms with van der Waals surface area (Å²) in [4.78, 5) is 12.7. The fraction of sp³-hybridized carbons (Fsp3) is 0.750. The van der Waals surface area contributed by atoms with Crippen molar-refractivity contribution in [2.45, 2.75) is 39.2 Å². The van der Waals surface area contributed by atoms with Gasteiger partial charge in [0, 0.05) is 12.6 Å². The average Bonchev–Trinajstić information content (AvgIpc) is 2.75. The van der Waals surface area contributed by atoms with Gasteiger partial charge in [0.1, 0.15) is 0 Å². The zero-order valence-corrected chi connectivity index (χ0v) is 11.2. The van der Waals surface area contributed by atoms with E-state index in [2.05, 4.69) is 32.5 Å². The third-order valence-electron chi connectivity index (χ3n) is 3.16. The molecule has 2 atom stereocenters. The number of methoxy groups -OCH3 is 1. The Hall–Kier alpha value is -1.59. The number of nitrogens with one attached hydrogen (secondary N) is 2. The van der Waals surface area contributed by atoms with E-state index in [1.54, 1.807) is 7.11 Å². The molecular weight excluding hydrogens is 230 g/mol. The lowest BCUT2D eigenvalue weighted by Gasteiger charge is -2.13. The van der Waals surface area contributed by atoms with Gasteiger partial charge in [-0.3, -0.25) is 0 Å². The average molecular weight is 251 g/mol. The van der Waals surface area contributed by atoms with Gasteiger partial charge in [-0.15, -0.1) is 0 Å². The van der Waals surface area contributed by atoms with Crippen LogP contribution >= 0.6 is 0 Å². The largest absolute Gasteiger partial charge is 0.467 e. The topological polar surface area (TPSA) is 72.0 Å². The van der Waals surface area contributed by atoms with Gasteiger partial charge in [-0.05, 0) is 32.1 Å². The lowest BCUT2D eigenvalue weighted by atomic mass is 10.1. The summed E-state index contributed by atoms with van der Waals surface area (Å²) in [6.45, 7) is 5.05. The molecule has 0 bridgehead atoms. The molecule has 2 rings (SSSR count). The first-order chi connectivity index (χ1) is 8.71. The third kappa shape index (κ3) is 3.21. The van der Waals surface area contributed by atoms with Gasteiger partial charge < -0.3 is 15.4 Å². The van der Waals surface area contributed by atoms with Crippen molar-refractivity contribution in [2.75, 3.05) is 24.3 Å². The Morgan fingerprint density at radius 2 is 2.00 bits per heavy atom. The van der Waals surface area contributed by atoms with Crippen molar-refractivity contribution < 1.29 is 4.74 Å². The van der Waals surface area contributed by atoms with Crippen LogP contribution in [0.15, 0.2) is 0 Å². The summed E-state index contributed by atoms with van der Waals surface area (Å²) in [5.74, 6) is 1.93. The van der Waals surface area contributed by atoms with E-state index in [-0.39, 0.29) is 0 Å². The quantitative estimate of drug-likeness (QED) is 0.833. The fourth-order valence-corrected chi connectivity index (χ4v) is 2.27. The zero-order chi connectivity index (χ0) is 13.0. The maximum Gasteiger partial charge on any atom is 0.322 e. The van der Waals surface area contributed by atoms with E-state index in [4.69, 9.17) is 4.74 Å². The van der Waals surface area contributed by atoms with Crippen molar-refractivity contribution in [1.82, 2.24) is 15.0 Å². The van der Waals surface area contributed by atoms with Crippen molar-refractivity contribution in [3.63, 3.8) is 0 Å². The minimum absolute atomic E-state index is 0.342. The highest BCUT2D eigenvalue weighted by atomic mass is 16.5. The monoisotopic (exact) mass is 251 g/mol. The molecule has 1 aromatic rings. The van der Waals surface area contributed by atoms with Crippen LogP contribution in [0.2, 0.25) is 0 Å². The molecule has 0 amide bonds. The predicted molar refractivity (Wildman–Crippen MR) is 71.0 cm³/mol. The normalized spacial score (nSPS) is 22.8. The van der Waals surface area contributed by atoms with E-state index in [1.807, 2.05) is 6.92 Å². The van der Waals surface area contributed by atoms with Gasteiger partial charge in [-0.1, -0.05) is 6.92 Å². The number of nitrogens with zero attached hydrogens (tertiary/aromatic N) is 3. The highest BCUT2D eigenvalue weighted by Crippen LogP contribution is 2.27. The second-order valence-corrected chi connectivity index (χ2v) is 4.76. The fourth-order valence-electron chi connectivity index (χ4n) is 2.27. The molecule has 2 unspecified atom stereocenters. The Labute approximate surface area is 108 Å². The summed E-state index contributed by atoms with van der Waals surface area (Å²) in [5.41, 5.74) is 0. The number of hydrogen-bond acceptors (Lipinski definition) is 6. The smallest absolute Gasteiger partial charge is 0.322 e. The Balaban J connectivity index is 2.08. The van der Waals surface area contributed by atoms with Crippen LogP contribution in [0.3, 0.4) is 0 Å². The van der Waals surface area contributed by atoms with Crippen molar-refractivity contribution in [2.24, 2.45) is 5.92 Å². The van der Waals surface area contributed by atoms with Crippen LogP contribution in [0.5, 0.6) is 6.01 Å². The van der Waals surface area contributed by atoms with Crippen molar-refractivity contribution in [3.05, 3.63) is 0 Å². The van der Waals surface area contributed by atoms with E-state index in [0.29, 0.717) is 23.9 Å². The molecule has 1 aliphatic rings. The molecule has 0 saturated heterocycles. The number of anilines is 2. The lowest BCUT2D eigenvalue weighted by molar-refractivity contribution is 0.379. The van der Waals surface area contributed by atoms with Gasteiger partial charge >= 0.3 is 6.01 Å². The SMILES string of the molecule is CCNc1nc(NC2CCC(C)C2)nc(OC)n1. The Bertz CT molecular complexity index is 398. The summed E-state index contributed by atoms with van der Waals surface area (Å²) in [7, 11) is 1.56. The van der Waals surface area contributed by atoms with Gasteiger partial charge in [-0.2, -0.15) is 15.0 Å². The standard InChI is InChI=1S/C12H21N5O/c1-4-13-10-15-11(17-12(16-10)18-3)14-9-6-5-8(2)7-9/h8-9H,4-7H2,1-3H3,(H2,13,14,15,16,17). The van der Waals surface area contributed by atoms with Gasteiger partial charge in [-0.25, -0.2) is 0 Å². The van der Waals surface area contributed by atoms with E-state index >= 15 is 0 Å². The van der Waals surface area contributed by atoms with Crippen molar-refractivity contribution >= 4 is 11.9 Å². The van der Waals surface area contributed by atoms with Gasteiger partial charge in [0.2, 0.25) is 11.9 Å². The number of rotatable bonds is 5. The van der Waals surface area contributed by atoms with Gasteiger partial charge in [0.25, 0.3) is 0 Å². The number of hydrogen-bond donors (Lipinski definition) is 2. The first-order valence-corrected chi connectivity index (χ1v) is 6.51. The molecule has 1 aliphatic carbocycles. The molecule has 0 radical (unpaired) electrons. The van der Waals surface area contributed by atoms with Crippen LogP contribution in [0.1, 0.15) is 33.1 Å². The second-order valence-electron chi connectivity index (χ2n) is 4.76. The first kappa shape index (κ1) is 12.9. The molecule has 0 aliphatic heterocycles. The summed E-state index contributed by atoms with van der Waals surface area (Å²) in [5, 5.41) is 6.44. The number of ether oxygens (including phenoxy) is 1. The third-order valence-corrected chi connectivity index (χ3v) is 3.16. The summed E-state index contributed by atoms with van der Waals surface area (Å²) in [6.07, 6.45) is 3.61. The van der Waals surface area contributed by atoms with Crippen molar-refractivity contribution in [3.8, 4) is 6.01 Å². The minimum Gasteiger partial charge on any atom is -0.467 e. The molecule has 0 aromatic carbocycles. The van der Waals surface area contributed by atoms with E-state index < -0.39 is 0 Å². The first-order valence-electron chi connectivity index (χ1n) is 6.51. The number of aromatic nitrogens is 3. The summed E-state index contributed by atoms with van der Waals surface area (Å²) < 4.78 is 5.09. The van der Waals surface area contributed by atoms with Crippen LogP contribution in [0, 0.1) is 5.92 Å². The van der Waals surface area contributed by atoms with Crippen LogP contribution in [0.4, 0.5) is 11.9 Å². The van der Waals surface area contributed by atoms with E-state index in [0.717, 1.165) is 12.5 Å². The Morgan fingerprint density at radius 3 is 2.61 bits per heavy atom. The molecule has 0 spiro atoms. The van der Waals surface area contributed by atoms with Crippen LogP contribution in [-0.4, -0.2) is 34.6 Å². The van der Waals surface area contributed by atoms with Gasteiger partial charge in [0.05, 0.1) is 7.11 Å².